The minimum Gasteiger partial charge on any atom is -0.376 e. The van der Waals surface area contributed by atoms with E-state index < -0.39 is 22.0 Å². The van der Waals surface area contributed by atoms with Gasteiger partial charge in [-0.2, -0.15) is 0 Å². The van der Waals surface area contributed by atoms with Crippen LogP contribution < -0.4 is 4.72 Å². The third-order valence-electron chi connectivity index (χ3n) is 3.39. The van der Waals surface area contributed by atoms with Crippen molar-refractivity contribution in [1.82, 2.24) is 4.72 Å². The molecule has 2 rings (SSSR count). The number of amides is 1. The highest BCUT2D eigenvalue weighted by molar-refractivity contribution is 7.92. The minimum atomic E-state index is -3.82. The Hall–Kier alpha value is -0.960. The Kier molecular flexibility index (Phi) is 5.96. The zero-order valence-corrected chi connectivity index (χ0v) is 14.3. The van der Waals surface area contributed by atoms with E-state index in [1.807, 2.05) is 0 Å². The summed E-state index contributed by atoms with van der Waals surface area (Å²) in [6.45, 7) is 4.35. The summed E-state index contributed by atoms with van der Waals surface area (Å²) in [6.07, 6.45) is 2.18. The van der Waals surface area contributed by atoms with Gasteiger partial charge in [-0.15, -0.1) is 11.3 Å². The topological polar surface area (TPSA) is 81.7 Å². The fourth-order valence-electron chi connectivity index (χ4n) is 2.09. The number of rotatable bonds is 6. The predicted molar refractivity (Wildman–Crippen MR) is 83.4 cm³/mol. The van der Waals surface area contributed by atoms with Crippen molar-refractivity contribution in [3.8, 4) is 0 Å². The fourth-order valence-corrected chi connectivity index (χ4v) is 4.41. The second kappa shape index (κ2) is 7.54. The molecule has 0 aromatic carbocycles. The van der Waals surface area contributed by atoms with Crippen LogP contribution in [-0.4, -0.2) is 39.7 Å². The number of ether oxygens (including phenoxy) is 2. The van der Waals surface area contributed by atoms with Gasteiger partial charge in [-0.05, 0) is 45.2 Å². The summed E-state index contributed by atoms with van der Waals surface area (Å²) in [6, 6.07) is 3.18. The molecule has 0 bridgehead atoms. The molecule has 1 aromatic rings. The van der Waals surface area contributed by atoms with Gasteiger partial charge in [0.2, 0.25) is 0 Å². The number of nitrogens with one attached hydrogen (secondary N) is 1. The van der Waals surface area contributed by atoms with Crippen LogP contribution in [0.2, 0.25) is 0 Å². The number of hydrogen-bond acceptors (Lipinski definition) is 6. The zero-order valence-electron chi connectivity index (χ0n) is 12.7. The Balaban J connectivity index is 1.85. The average molecular weight is 347 g/mol. The predicted octanol–water partition coefficient (Wildman–Crippen LogP) is 1.84. The molecule has 1 fully saturated rings. The molecule has 0 saturated carbocycles. The van der Waals surface area contributed by atoms with Gasteiger partial charge in [0.1, 0.15) is 10.3 Å². The first-order valence-electron chi connectivity index (χ1n) is 7.25. The summed E-state index contributed by atoms with van der Waals surface area (Å²) in [5.41, 5.74) is 0. The summed E-state index contributed by atoms with van der Waals surface area (Å²) in [7, 11) is -3.82. The van der Waals surface area contributed by atoms with Crippen LogP contribution in [0.15, 0.2) is 16.3 Å². The molecule has 6 nitrogen and oxygen atoms in total. The molecule has 1 aromatic heterocycles. The van der Waals surface area contributed by atoms with Crippen molar-refractivity contribution in [1.29, 1.82) is 0 Å². The molecule has 124 valence electrons. The largest absolute Gasteiger partial charge is 0.376 e. The Morgan fingerprint density at radius 2 is 2.27 bits per heavy atom. The lowest BCUT2D eigenvalue weighted by Crippen LogP contribution is -2.39. The molecule has 0 unspecified atom stereocenters. The van der Waals surface area contributed by atoms with Crippen molar-refractivity contribution in [3.05, 3.63) is 17.0 Å². The summed E-state index contributed by atoms with van der Waals surface area (Å²) in [5, 5.41) is 0. The smallest absolute Gasteiger partial charge is 0.273 e. The van der Waals surface area contributed by atoms with Crippen LogP contribution in [0.25, 0.3) is 0 Å². The van der Waals surface area contributed by atoms with Gasteiger partial charge < -0.3 is 9.47 Å². The van der Waals surface area contributed by atoms with E-state index in [2.05, 4.69) is 4.72 Å². The number of hydrogen-bond donors (Lipinski definition) is 1. The van der Waals surface area contributed by atoms with Gasteiger partial charge >= 0.3 is 0 Å². The summed E-state index contributed by atoms with van der Waals surface area (Å²) >= 11 is 1.12. The molecule has 0 spiro atoms. The number of carbonyl (C=O) groups is 1. The quantitative estimate of drug-likeness (QED) is 0.849. The van der Waals surface area contributed by atoms with Crippen molar-refractivity contribution in [2.24, 2.45) is 0 Å². The molecule has 2 atom stereocenters. The van der Waals surface area contributed by atoms with Crippen molar-refractivity contribution in [2.75, 3.05) is 13.2 Å². The molecular formula is C14H21NO5S2. The Labute approximate surface area is 134 Å². The van der Waals surface area contributed by atoms with E-state index in [1.54, 1.807) is 13.0 Å². The highest BCUT2D eigenvalue weighted by Gasteiger charge is 2.24. The first kappa shape index (κ1) is 17.4. The van der Waals surface area contributed by atoms with Crippen molar-refractivity contribution in [2.45, 2.75) is 49.5 Å². The lowest BCUT2D eigenvalue weighted by atomic mass is 10.1. The molecule has 22 heavy (non-hydrogen) atoms. The molecule has 0 aliphatic carbocycles. The molecule has 1 saturated heterocycles. The standard InChI is InChI=1S/C14H21NO5S2/c1-10-6-7-13(21-10)22(17,18)15-14(16)11(2)20-9-12-5-3-4-8-19-12/h6-7,11-12H,3-5,8-9H2,1-2H3,(H,15,16)/t11-,12+/m0/s1. The Bertz CT molecular complexity index is 605. The maximum absolute atomic E-state index is 12.1. The lowest BCUT2D eigenvalue weighted by molar-refractivity contribution is -0.133. The normalized spacial score (nSPS) is 20.5. The van der Waals surface area contributed by atoms with Crippen molar-refractivity contribution < 1.29 is 22.7 Å². The summed E-state index contributed by atoms with van der Waals surface area (Å²) < 4.78 is 37.2. The number of thiophene rings is 1. The van der Waals surface area contributed by atoms with Crippen molar-refractivity contribution in [3.63, 3.8) is 0 Å². The van der Waals surface area contributed by atoms with E-state index in [-0.39, 0.29) is 10.3 Å². The lowest BCUT2D eigenvalue weighted by Gasteiger charge is -2.23. The van der Waals surface area contributed by atoms with Gasteiger partial charge in [-0.25, -0.2) is 13.1 Å². The second-order valence-corrected chi connectivity index (χ2v) is 8.50. The van der Waals surface area contributed by atoms with Gasteiger partial charge in [-0.3, -0.25) is 4.79 Å². The van der Waals surface area contributed by atoms with Crippen LogP contribution in [0, 0.1) is 6.92 Å². The molecule has 1 N–H and O–H groups in total. The fraction of sp³-hybridized carbons (Fsp3) is 0.643. The van der Waals surface area contributed by atoms with Gasteiger partial charge in [0.15, 0.2) is 0 Å². The van der Waals surface area contributed by atoms with Crippen molar-refractivity contribution >= 4 is 27.3 Å². The van der Waals surface area contributed by atoms with E-state index in [4.69, 9.17) is 9.47 Å². The molecule has 8 heteroatoms. The molecule has 1 aliphatic heterocycles. The van der Waals surface area contributed by atoms with E-state index in [1.165, 1.54) is 13.0 Å². The van der Waals surface area contributed by atoms with E-state index >= 15 is 0 Å². The van der Waals surface area contributed by atoms with Gasteiger partial charge in [0, 0.05) is 11.5 Å². The van der Waals surface area contributed by atoms with Crippen LogP contribution >= 0.6 is 11.3 Å². The molecule has 2 heterocycles. The van der Waals surface area contributed by atoms with E-state index in [0.29, 0.717) is 13.2 Å². The van der Waals surface area contributed by atoms with Gasteiger partial charge in [-0.1, -0.05) is 0 Å². The SMILES string of the molecule is Cc1ccc(S(=O)(=O)NC(=O)[C@H](C)OC[C@H]2CCCCO2)s1. The van der Waals surface area contributed by atoms with Gasteiger partial charge in [0.05, 0.1) is 12.7 Å². The number of sulfonamides is 1. The number of aryl methyl sites for hydroxylation is 1. The molecule has 1 aliphatic rings. The first-order valence-corrected chi connectivity index (χ1v) is 9.55. The van der Waals surface area contributed by atoms with E-state index in [0.717, 1.165) is 35.5 Å². The highest BCUT2D eigenvalue weighted by Crippen LogP contribution is 2.20. The first-order chi connectivity index (χ1) is 10.4. The minimum absolute atomic E-state index is 0.0134. The zero-order chi connectivity index (χ0) is 16.2. The Morgan fingerprint density at radius 3 is 2.86 bits per heavy atom. The van der Waals surface area contributed by atoms with Gasteiger partial charge in [0.25, 0.3) is 15.9 Å². The number of carbonyl (C=O) groups excluding carboxylic acids is 1. The third-order valence-corrected chi connectivity index (χ3v) is 6.23. The van der Waals surface area contributed by atoms with Crippen LogP contribution in [0.3, 0.4) is 0 Å². The Morgan fingerprint density at radius 1 is 1.50 bits per heavy atom. The molecule has 0 radical (unpaired) electrons. The monoisotopic (exact) mass is 347 g/mol. The second-order valence-electron chi connectivity index (χ2n) is 5.30. The maximum Gasteiger partial charge on any atom is 0.273 e. The third kappa shape index (κ3) is 4.77. The van der Waals surface area contributed by atoms with E-state index in [9.17, 15) is 13.2 Å². The highest BCUT2D eigenvalue weighted by atomic mass is 32.2. The van der Waals surface area contributed by atoms with Crippen LogP contribution in [0.1, 0.15) is 31.1 Å². The average Bonchev–Trinajstić information content (AvgIpc) is 2.93. The molecular weight excluding hydrogens is 326 g/mol. The summed E-state index contributed by atoms with van der Waals surface area (Å²) in [4.78, 5) is 12.8. The summed E-state index contributed by atoms with van der Waals surface area (Å²) in [5.74, 6) is -0.665. The maximum atomic E-state index is 12.1. The van der Waals surface area contributed by atoms with Crippen LogP contribution in [0.5, 0.6) is 0 Å². The van der Waals surface area contributed by atoms with Crippen LogP contribution in [0.4, 0.5) is 0 Å². The van der Waals surface area contributed by atoms with Crippen LogP contribution in [-0.2, 0) is 24.3 Å². The molecule has 1 amide bonds.